The Morgan fingerprint density at radius 1 is 1.30 bits per heavy atom. The highest BCUT2D eigenvalue weighted by Gasteiger charge is 2.36. The second kappa shape index (κ2) is 7.47. The summed E-state index contributed by atoms with van der Waals surface area (Å²) in [7, 11) is 1.45. The smallest absolute Gasteiger partial charge is 0.435 e. The van der Waals surface area contributed by atoms with E-state index in [0.29, 0.717) is 34.9 Å². The number of halogens is 3. The van der Waals surface area contributed by atoms with Gasteiger partial charge in [-0.2, -0.15) is 13.2 Å². The largest absolute Gasteiger partial charge is 0.493 e. The number of rotatable bonds is 5. The van der Waals surface area contributed by atoms with Gasteiger partial charge in [-0.15, -0.1) is 5.10 Å². The Morgan fingerprint density at radius 3 is 2.67 bits per heavy atom. The minimum atomic E-state index is -4.69. The lowest BCUT2D eigenvalue weighted by molar-refractivity contribution is -0.148. The van der Waals surface area contributed by atoms with Gasteiger partial charge in [0.2, 0.25) is 0 Å². The first-order chi connectivity index (χ1) is 12.8. The van der Waals surface area contributed by atoms with Crippen molar-refractivity contribution in [2.45, 2.75) is 32.2 Å². The molecule has 0 spiro atoms. The van der Waals surface area contributed by atoms with Crippen LogP contribution in [0.2, 0.25) is 0 Å². The molecule has 2 aromatic rings. The first-order valence-electron chi connectivity index (χ1n) is 8.11. The fourth-order valence-corrected chi connectivity index (χ4v) is 2.60. The van der Waals surface area contributed by atoms with Crippen LogP contribution in [-0.2, 0) is 15.7 Å². The summed E-state index contributed by atoms with van der Waals surface area (Å²) in [5.74, 6) is -0.118. The van der Waals surface area contributed by atoms with E-state index >= 15 is 0 Å². The van der Waals surface area contributed by atoms with Crippen LogP contribution in [-0.4, -0.2) is 35.9 Å². The monoisotopic (exact) mass is 386 g/mol. The lowest BCUT2D eigenvalue weighted by Gasteiger charge is -2.16. The maximum atomic E-state index is 13.0. The molecular formula is C17H17F3N2O5. The van der Waals surface area contributed by atoms with Crippen LogP contribution in [0.5, 0.6) is 11.5 Å². The molecule has 1 fully saturated rings. The molecule has 1 aromatic carbocycles. The van der Waals surface area contributed by atoms with Gasteiger partial charge in [-0.25, -0.2) is 4.79 Å². The summed E-state index contributed by atoms with van der Waals surface area (Å²) < 4.78 is 55.5. The van der Waals surface area contributed by atoms with E-state index in [0.717, 1.165) is 19.4 Å². The fraction of sp³-hybridized carbons (Fsp3) is 0.412. The topological polar surface area (TPSA) is 71.8 Å². The Morgan fingerprint density at radius 2 is 2.07 bits per heavy atom. The van der Waals surface area contributed by atoms with Gasteiger partial charge in [-0.3, -0.25) is 0 Å². The first kappa shape index (κ1) is 19.0. The number of hydrogen-bond acceptors (Lipinski definition) is 6. The lowest BCUT2D eigenvalue weighted by Crippen LogP contribution is -2.20. The molecule has 1 atom stereocenters. The van der Waals surface area contributed by atoms with E-state index in [9.17, 15) is 18.0 Å². The number of benzene rings is 1. The highest BCUT2D eigenvalue weighted by molar-refractivity contribution is 5.68. The molecule has 7 nitrogen and oxygen atoms in total. The second-order valence-corrected chi connectivity index (χ2v) is 5.79. The molecule has 3 rings (SSSR count). The number of nitrogens with zero attached hydrogens (tertiary/aromatic N) is 2. The molecule has 0 aliphatic carbocycles. The van der Waals surface area contributed by atoms with Gasteiger partial charge in [0.25, 0.3) is 0 Å². The summed E-state index contributed by atoms with van der Waals surface area (Å²) in [5.41, 5.74) is -0.943. The van der Waals surface area contributed by atoms with E-state index < -0.39 is 24.1 Å². The van der Waals surface area contributed by atoms with E-state index in [1.54, 1.807) is 0 Å². The van der Waals surface area contributed by atoms with Crippen molar-refractivity contribution in [3.8, 4) is 22.8 Å². The SMILES string of the molecule is COc1ccc(-c2cc(C(F)(F)F)nn2OC(C)=O)cc1OC1CCCO1. The molecule has 27 heavy (non-hydrogen) atoms. The van der Waals surface area contributed by atoms with Crippen LogP contribution in [0.1, 0.15) is 25.5 Å². The first-order valence-corrected chi connectivity index (χ1v) is 8.11. The molecule has 1 aliphatic rings. The van der Waals surface area contributed by atoms with Gasteiger partial charge >= 0.3 is 12.1 Å². The maximum absolute atomic E-state index is 13.0. The van der Waals surface area contributed by atoms with Gasteiger partial charge in [0, 0.05) is 25.0 Å². The number of ether oxygens (including phenoxy) is 3. The van der Waals surface area contributed by atoms with Crippen molar-refractivity contribution in [2.24, 2.45) is 0 Å². The van der Waals surface area contributed by atoms with Crippen molar-refractivity contribution < 1.29 is 37.0 Å². The molecule has 0 saturated carbocycles. The number of methoxy groups -OCH3 is 1. The van der Waals surface area contributed by atoms with Crippen molar-refractivity contribution >= 4 is 5.97 Å². The fourth-order valence-electron chi connectivity index (χ4n) is 2.60. The van der Waals surface area contributed by atoms with Crippen LogP contribution in [0.15, 0.2) is 24.3 Å². The lowest BCUT2D eigenvalue weighted by atomic mass is 10.1. The van der Waals surface area contributed by atoms with Crippen molar-refractivity contribution in [1.29, 1.82) is 0 Å². The van der Waals surface area contributed by atoms with E-state index in [2.05, 4.69) is 5.10 Å². The molecule has 2 heterocycles. The summed E-state index contributed by atoms with van der Waals surface area (Å²) in [6.45, 7) is 1.64. The van der Waals surface area contributed by atoms with Crippen LogP contribution >= 0.6 is 0 Å². The number of carbonyl (C=O) groups is 1. The summed E-state index contributed by atoms with van der Waals surface area (Å²) in [6, 6.07) is 5.33. The van der Waals surface area contributed by atoms with Gasteiger partial charge in [0.1, 0.15) is 5.69 Å². The van der Waals surface area contributed by atoms with Crippen LogP contribution in [0, 0.1) is 0 Å². The van der Waals surface area contributed by atoms with Crippen LogP contribution in [0.3, 0.4) is 0 Å². The molecule has 1 aromatic heterocycles. The third kappa shape index (κ3) is 4.33. The van der Waals surface area contributed by atoms with Crippen LogP contribution in [0.4, 0.5) is 13.2 Å². The van der Waals surface area contributed by atoms with Gasteiger partial charge in [0.15, 0.2) is 23.5 Å². The Labute approximate surface area is 152 Å². The van der Waals surface area contributed by atoms with E-state index in [-0.39, 0.29) is 5.69 Å². The summed E-state index contributed by atoms with van der Waals surface area (Å²) >= 11 is 0. The molecule has 146 valence electrons. The molecule has 1 aliphatic heterocycles. The standard InChI is InChI=1S/C17H17F3N2O5/c1-10(23)27-22-12(9-15(21-22)17(18,19)20)11-5-6-13(24-2)14(8-11)26-16-4-3-7-25-16/h5-6,8-9,16H,3-4,7H2,1-2H3. The van der Waals surface area contributed by atoms with Gasteiger partial charge in [0.05, 0.1) is 13.7 Å². The third-order valence-electron chi connectivity index (χ3n) is 3.79. The van der Waals surface area contributed by atoms with Crippen molar-refractivity contribution in [3.63, 3.8) is 0 Å². The predicted octanol–water partition coefficient (Wildman–Crippen LogP) is 3.07. The Bertz CT molecular complexity index is 828. The second-order valence-electron chi connectivity index (χ2n) is 5.79. The minimum Gasteiger partial charge on any atom is -0.493 e. The number of alkyl halides is 3. The van der Waals surface area contributed by atoms with Gasteiger partial charge < -0.3 is 19.0 Å². The quantitative estimate of drug-likeness (QED) is 0.787. The third-order valence-corrected chi connectivity index (χ3v) is 3.79. The molecule has 1 saturated heterocycles. The Kier molecular flexibility index (Phi) is 5.26. The highest BCUT2D eigenvalue weighted by atomic mass is 19.4. The summed E-state index contributed by atoms with van der Waals surface area (Å²) in [4.78, 5) is 16.5. The van der Waals surface area contributed by atoms with Crippen molar-refractivity contribution in [1.82, 2.24) is 9.94 Å². The van der Waals surface area contributed by atoms with Gasteiger partial charge in [-0.1, -0.05) is 4.85 Å². The van der Waals surface area contributed by atoms with E-state index in [1.165, 1.54) is 25.3 Å². The van der Waals surface area contributed by atoms with Crippen molar-refractivity contribution in [2.75, 3.05) is 13.7 Å². The molecule has 1 unspecified atom stereocenters. The minimum absolute atomic E-state index is 0.0580. The number of carbonyl (C=O) groups excluding carboxylic acids is 1. The Balaban J connectivity index is 2.01. The van der Waals surface area contributed by atoms with E-state index in [4.69, 9.17) is 19.0 Å². The van der Waals surface area contributed by atoms with Crippen LogP contribution in [0.25, 0.3) is 11.3 Å². The van der Waals surface area contributed by atoms with Crippen LogP contribution < -0.4 is 14.3 Å². The zero-order valence-electron chi connectivity index (χ0n) is 14.6. The highest BCUT2D eigenvalue weighted by Crippen LogP contribution is 2.36. The average molecular weight is 386 g/mol. The average Bonchev–Trinajstić information content (AvgIpc) is 3.23. The van der Waals surface area contributed by atoms with Crippen molar-refractivity contribution in [3.05, 3.63) is 30.0 Å². The summed E-state index contributed by atoms with van der Waals surface area (Å²) in [6.07, 6.45) is -3.61. The zero-order valence-corrected chi connectivity index (χ0v) is 14.6. The number of aromatic nitrogens is 2. The molecule has 0 radical (unpaired) electrons. The molecule has 10 heteroatoms. The molecular weight excluding hydrogens is 369 g/mol. The van der Waals surface area contributed by atoms with Gasteiger partial charge in [-0.05, 0) is 24.6 Å². The molecule has 0 bridgehead atoms. The zero-order chi connectivity index (χ0) is 19.6. The predicted molar refractivity (Wildman–Crippen MR) is 86.1 cm³/mol. The number of hydrogen-bond donors (Lipinski definition) is 0. The summed E-state index contributed by atoms with van der Waals surface area (Å²) in [5, 5.41) is 3.33. The molecule has 0 amide bonds. The normalized spacial score (nSPS) is 17.0. The molecule has 0 N–H and O–H groups in total. The van der Waals surface area contributed by atoms with E-state index in [1.807, 2.05) is 0 Å². The maximum Gasteiger partial charge on any atom is 0.435 e. The Hall–Kier alpha value is -2.75.